The number of rotatable bonds is 6. The first-order chi connectivity index (χ1) is 8.16. The summed E-state index contributed by atoms with van der Waals surface area (Å²) < 4.78 is 6.07. The van der Waals surface area contributed by atoms with Crippen molar-refractivity contribution in [3.05, 3.63) is 33.8 Å². The lowest BCUT2D eigenvalue weighted by Crippen LogP contribution is -2.25. The molecule has 1 rings (SSSR count). The molecule has 0 bridgehead atoms. The minimum atomic E-state index is -0.0444. The van der Waals surface area contributed by atoms with Crippen LogP contribution in [0, 0.1) is 6.92 Å². The maximum Gasteiger partial charge on any atom is 0.252 e. The number of hydrogen-bond acceptors (Lipinski definition) is 2. The van der Waals surface area contributed by atoms with Gasteiger partial charge in [-0.2, -0.15) is 0 Å². The molecule has 0 radical (unpaired) electrons. The second kappa shape index (κ2) is 7.45. The molecule has 4 heteroatoms. The maximum atomic E-state index is 11.9. The van der Waals surface area contributed by atoms with Gasteiger partial charge in [0, 0.05) is 24.2 Å². The van der Waals surface area contributed by atoms with E-state index in [9.17, 15) is 4.79 Å². The first-order valence-electron chi connectivity index (χ1n) is 5.78. The Bertz CT molecular complexity index is 380. The monoisotopic (exact) mass is 299 g/mol. The maximum absolute atomic E-state index is 11.9. The fourth-order valence-electron chi connectivity index (χ4n) is 1.44. The molecule has 0 spiro atoms. The molecule has 0 heterocycles. The van der Waals surface area contributed by atoms with Gasteiger partial charge in [0.15, 0.2) is 0 Å². The molecule has 0 aliphatic rings. The molecule has 0 saturated carbocycles. The average molecular weight is 300 g/mol. The molecule has 1 aromatic carbocycles. The van der Waals surface area contributed by atoms with Crippen LogP contribution in [-0.4, -0.2) is 25.7 Å². The number of halogens is 1. The number of hydrogen-bond donors (Lipinski definition) is 1. The minimum Gasteiger partial charge on any atom is -0.382 e. The molecule has 0 aliphatic carbocycles. The van der Waals surface area contributed by atoms with Gasteiger partial charge in [0.25, 0.3) is 5.91 Å². The van der Waals surface area contributed by atoms with Crippen molar-refractivity contribution in [2.75, 3.05) is 19.8 Å². The number of aryl methyl sites for hydroxylation is 1. The van der Waals surface area contributed by atoms with Gasteiger partial charge in [-0.3, -0.25) is 4.79 Å². The lowest BCUT2D eigenvalue weighted by Gasteiger charge is -2.08. The minimum absolute atomic E-state index is 0.0444. The molecule has 0 aromatic heterocycles. The van der Waals surface area contributed by atoms with E-state index in [-0.39, 0.29) is 5.91 Å². The topological polar surface area (TPSA) is 38.3 Å². The highest BCUT2D eigenvalue weighted by Gasteiger charge is 2.10. The zero-order valence-corrected chi connectivity index (χ0v) is 11.8. The van der Waals surface area contributed by atoms with E-state index in [4.69, 9.17) is 4.74 Å². The van der Waals surface area contributed by atoms with Crippen molar-refractivity contribution >= 4 is 21.8 Å². The van der Waals surface area contributed by atoms with Gasteiger partial charge in [0.05, 0.1) is 5.56 Å². The van der Waals surface area contributed by atoms with Crippen LogP contribution in [-0.2, 0) is 4.74 Å². The summed E-state index contributed by atoms with van der Waals surface area (Å²) in [5.74, 6) is -0.0444. The first kappa shape index (κ1) is 14.2. The quantitative estimate of drug-likeness (QED) is 0.820. The second-order valence-electron chi connectivity index (χ2n) is 3.74. The van der Waals surface area contributed by atoms with Crippen LogP contribution in [0.25, 0.3) is 0 Å². The molecule has 1 N–H and O–H groups in total. The van der Waals surface area contributed by atoms with Crippen LogP contribution in [0.2, 0.25) is 0 Å². The van der Waals surface area contributed by atoms with Gasteiger partial charge in [-0.1, -0.05) is 12.1 Å². The van der Waals surface area contributed by atoms with Crippen molar-refractivity contribution in [3.8, 4) is 0 Å². The molecular weight excluding hydrogens is 282 g/mol. The molecule has 0 unspecified atom stereocenters. The summed E-state index contributed by atoms with van der Waals surface area (Å²) in [6, 6.07) is 5.67. The van der Waals surface area contributed by atoms with Gasteiger partial charge in [0.1, 0.15) is 0 Å². The Labute approximate surface area is 111 Å². The molecule has 1 aromatic rings. The Kier molecular flexibility index (Phi) is 6.22. The van der Waals surface area contributed by atoms with Crippen LogP contribution >= 0.6 is 15.9 Å². The molecule has 0 saturated heterocycles. The second-order valence-corrected chi connectivity index (χ2v) is 4.54. The van der Waals surface area contributed by atoms with Crippen molar-refractivity contribution in [3.63, 3.8) is 0 Å². The third-order valence-corrected chi connectivity index (χ3v) is 3.44. The molecule has 3 nitrogen and oxygen atoms in total. The van der Waals surface area contributed by atoms with Crippen LogP contribution in [0.4, 0.5) is 0 Å². The van der Waals surface area contributed by atoms with E-state index in [0.29, 0.717) is 18.7 Å². The van der Waals surface area contributed by atoms with E-state index in [0.717, 1.165) is 23.1 Å². The summed E-state index contributed by atoms with van der Waals surface area (Å²) in [6.07, 6.45) is 0.836. The molecule has 0 aliphatic heterocycles. The lowest BCUT2D eigenvalue weighted by atomic mass is 10.1. The van der Waals surface area contributed by atoms with E-state index in [1.54, 1.807) is 0 Å². The van der Waals surface area contributed by atoms with E-state index in [2.05, 4.69) is 21.2 Å². The Hall–Kier alpha value is -0.870. The van der Waals surface area contributed by atoms with E-state index in [1.807, 2.05) is 32.0 Å². The zero-order chi connectivity index (χ0) is 12.7. The van der Waals surface area contributed by atoms with Crippen LogP contribution in [0.15, 0.2) is 22.7 Å². The number of benzene rings is 1. The molecule has 0 fully saturated rings. The van der Waals surface area contributed by atoms with Gasteiger partial charge in [-0.15, -0.1) is 0 Å². The van der Waals surface area contributed by atoms with Crippen molar-refractivity contribution in [2.45, 2.75) is 20.3 Å². The van der Waals surface area contributed by atoms with Crippen molar-refractivity contribution in [2.24, 2.45) is 0 Å². The van der Waals surface area contributed by atoms with E-state index < -0.39 is 0 Å². The van der Waals surface area contributed by atoms with Crippen molar-refractivity contribution in [1.82, 2.24) is 5.32 Å². The molecule has 1 amide bonds. The fraction of sp³-hybridized carbons (Fsp3) is 0.462. The number of carbonyl (C=O) groups is 1. The number of carbonyl (C=O) groups excluding carboxylic acids is 1. The van der Waals surface area contributed by atoms with Gasteiger partial charge in [-0.05, 0) is 47.8 Å². The van der Waals surface area contributed by atoms with E-state index >= 15 is 0 Å². The normalized spacial score (nSPS) is 10.3. The molecule has 0 atom stereocenters. The van der Waals surface area contributed by atoms with Crippen LogP contribution in [0.5, 0.6) is 0 Å². The number of nitrogens with one attached hydrogen (secondary N) is 1. The van der Waals surface area contributed by atoms with E-state index in [1.165, 1.54) is 0 Å². The third kappa shape index (κ3) is 4.48. The summed E-state index contributed by atoms with van der Waals surface area (Å²) in [6.45, 7) is 5.97. The molecule has 17 heavy (non-hydrogen) atoms. The average Bonchev–Trinajstić information content (AvgIpc) is 2.32. The van der Waals surface area contributed by atoms with Crippen molar-refractivity contribution < 1.29 is 9.53 Å². The summed E-state index contributed by atoms with van der Waals surface area (Å²) in [7, 11) is 0. The third-order valence-electron chi connectivity index (χ3n) is 2.39. The Morgan fingerprint density at radius 2 is 2.24 bits per heavy atom. The first-order valence-corrected chi connectivity index (χ1v) is 6.57. The predicted octanol–water partition coefficient (Wildman–Crippen LogP) is 2.91. The Balaban J connectivity index is 2.44. The highest BCUT2D eigenvalue weighted by atomic mass is 79.9. The molecule has 94 valence electrons. The van der Waals surface area contributed by atoms with Crippen LogP contribution in [0.3, 0.4) is 0 Å². The lowest BCUT2D eigenvalue weighted by molar-refractivity contribution is 0.0943. The number of amides is 1. The summed E-state index contributed by atoms with van der Waals surface area (Å²) >= 11 is 3.43. The highest BCUT2D eigenvalue weighted by molar-refractivity contribution is 9.10. The summed E-state index contributed by atoms with van der Waals surface area (Å²) in [5.41, 5.74) is 1.74. The Morgan fingerprint density at radius 3 is 2.94 bits per heavy atom. The zero-order valence-electron chi connectivity index (χ0n) is 10.3. The smallest absolute Gasteiger partial charge is 0.252 e. The fourth-order valence-corrected chi connectivity index (χ4v) is 1.88. The SMILES string of the molecule is CCOCCCNC(=O)c1cccc(C)c1Br. The Morgan fingerprint density at radius 1 is 1.47 bits per heavy atom. The molecular formula is C13H18BrNO2. The van der Waals surface area contributed by atoms with Gasteiger partial charge >= 0.3 is 0 Å². The van der Waals surface area contributed by atoms with Crippen LogP contribution < -0.4 is 5.32 Å². The van der Waals surface area contributed by atoms with Gasteiger partial charge < -0.3 is 10.1 Å². The van der Waals surface area contributed by atoms with Crippen LogP contribution in [0.1, 0.15) is 29.3 Å². The highest BCUT2D eigenvalue weighted by Crippen LogP contribution is 2.20. The standard InChI is InChI=1S/C13H18BrNO2/c1-3-17-9-5-8-15-13(16)11-7-4-6-10(2)12(11)14/h4,6-7H,3,5,8-9H2,1-2H3,(H,15,16). The van der Waals surface area contributed by atoms with Crippen molar-refractivity contribution in [1.29, 1.82) is 0 Å². The van der Waals surface area contributed by atoms with Gasteiger partial charge in [0.2, 0.25) is 0 Å². The van der Waals surface area contributed by atoms with Gasteiger partial charge in [-0.25, -0.2) is 0 Å². The summed E-state index contributed by atoms with van der Waals surface area (Å²) in [5, 5.41) is 2.88. The number of ether oxygens (including phenoxy) is 1. The summed E-state index contributed by atoms with van der Waals surface area (Å²) in [4.78, 5) is 11.9. The largest absolute Gasteiger partial charge is 0.382 e. The predicted molar refractivity (Wildman–Crippen MR) is 72.3 cm³/mol.